The summed E-state index contributed by atoms with van der Waals surface area (Å²) in [5.41, 5.74) is 0.612. The van der Waals surface area contributed by atoms with Crippen LogP contribution in [0, 0.1) is 0 Å². The summed E-state index contributed by atoms with van der Waals surface area (Å²) in [5.74, 6) is -0.224. The van der Waals surface area contributed by atoms with Gasteiger partial charge in [-0.05, 0) is 50.2 Å². The molecule has 0 N–H and O–H groups in total. The number of halogens is 1. The van der Waals surface area contributed by atoms with Gasteiger partial charge in [-0.2, -0.15) is 0 Å². The molecule has 0 aromatic heterocycles. The minimum absolute atomic E-state index is 0.103. The van der Waals surface area contributed by atoms with Crippen LogP contribution in [0.2, 0.25) is 5.02 Å². The first kappa shape index (κ1) is 12.6. The van der Waals surface area contributed by atoms with Crippen molar-refractivity contribution >= 4 is 29.1 Å². The molecule has 0 radical (unpaired) electrons. The molecule has 0 bridgehead atoms. The zero-order chi connectivity index (χ0) is 13.4. The van der Waals surface area contributed by atoms with Crippen molar-refractivity contribution in [3.8, 4) is 0 Å². The summed E-state index contributed by atoms with van der Waals surface area (Å²) in [6, 6.07) is 6.54. The second-order valence-corrected chi connectivity index (χ2v) is 5.44. The van der Waals surface area contributed by atoms with Crippen LogP contribution in [0.4, 0.5) is 5.69 Å². The van der Waals surface area contributed by atoms with Crippen molar-refractivity contribution in [2.45, 2.75) is 25.3 Å². The fourth-order valence-corrected chi connectivity index (χ4v) is 2.94. The lowest BCUT2D eigenvalue weighted by Gasteiger charge is -2.21. The number of nitrogens with zero attached hydrogens (tertiary/aromatic N) is 2. The molecule has 0 saturated carbocycles. The zero-order valence-corrected chi connectivity index (χ0v) is 11.3. The number of likely N-dealkylation sites (tertiary alicyclic amines) is 1. The van der Waals surface area contributed by atoms with E-state index in [-0.39, 0.29) is 17.9 Å². The average Bonchev–Trinajstić information content (AvgIpc) is 3.00. The SMILES string of the molecule is O=C1CC(N2CCCC2)C(=O)N1c1ccc(Cl)cc1. The monoisotopic (exact) mass is 278 g/mol. The third kappa shape index (κ3) is 2.26. The molecule has 5 heteroatoms. The van der Waals surface area contributed by atoms with E-state index < -0.39 is 0 Å². The van der Waals surface area contributed by atoms with Crippen molar-refractivity contribution in [2.24, 2.45) is 0 Å². The zero-order valence-electron chi connectivity index (χ0n) is 10.5. The van der Waals surface area contributed by atoms with E-state index in [0.29, 0.717) is 17.1 Å². The minimum Gasteiger partial charge on any atom is -0.292 e. The van der Waals surface area contributed by atoms with Crippen molar-refractivity contribution in [1.82, 2.24) is 4.90 Å². The van der Waals surface area contributed by atoms with Crippen LogP contribution in [0.3, 0.4) is 0 Å². The highest BCUT2D eigenvalue weighted by Gasteiger charge is 2.43. The number of hydrogen-bond donors (Lipinski definition) is 0. The Morgan fingerprint density at radius 2 is 1.68 bits per heavy atom. The smallest absolute Gasteiger partial charge is 0.251 e. The molecule has 0 spiro atoms. The average molecular weight is 279 g/mol. The lowest BCUT2D eigenvalue weighted by molar-refractivity contribution is -0.122. The highest BCUT2D eigenvalue weighted by atomic mass is 35.5. The van der Waals surface area contributed by atoms with Gasteiger partial charge in [0.05, 0.1) is 18.2 Å². The van der Waals surface area contributed by atoms with E-state index in [1.54, 1.807) is 24.3 Å². The molecule has 1 aromatic carbocycles. The molecule has 2 fully saturated rings. The molecule has 1 unspecified atom stereocenters. The lowest BCUT2D eigenvalue weighted by Crippen LogP contribution is -2.40. The Morgan fingerprint density at radius 3 is 2.32 bits per heavy atom. The summed E-state index contributed by atoms with van der Waals surface area (Å²) < 4.78 is 0. The molecule has 2 heterocycles. The van der Waals surface area contributed by atoms with Crippen LogP contribution >= 0.6 is 11.6 Å². The van der Waals surface area contributed by atoms with Crippen LogP contribution < -0.4 is 4.90 Å². The Labute approximate surface area is 116 Å². The number of benzene rings is 1. The molecular weight excluding hydrogens is 264 g/mol. The van der Waals surface area contributed by atoms with Gasteiger partial charge in [0.1, 0.15) is 0 Å². The summed E-state index contributed by atoms with van der Waals surface area (Å²) in [4.78, 5) is 27.9. The quantitative estimate of drug-likeness (QED) is 0.778. The number of carbonyl (C=O) groups excluding carboxylic acids is 2. The number of rotatable bonds is 2. The second-order valence-electron chi connectivity index (χ2n) is 5.01. The third-order valence-corrected chi connectivity index (χ3v) is 4.04. The summed E-state index contributed by atoms with van der Waals surface area (Å²) in [6.07, 6.45) is 2.51. The number of amides is 2. The van der Waals surface area contributed by atoms with E-state index in [2.05, 4.69) is 4.90 Å². The fourth-order valence-electron chi connectivity index (χ4n) is 2.82. The molecular formula is C14H15ClN2O2. The topological polar surface area (TPSA) is 40.6 Å². The third-order valence-electron chi connectivity index (χ3n) is 3.79. The molecule has 2 aliphatic rings. The van der Waals surface area contributed by atoms with Crippen LogP contribution in [-0.4, -0.2) is 35.8 Å². The maximum absolute atomic E-state index is 12.4. The summed E-state index contributed by atoms with van der Waals surface area (Å²) >= 11 is 5.83. The maximum Gasteiger partial charge on any atom is 0.251 e. The van der Waals surface area contributed by atoms with Crippen LogP contribution in [0.5, 0.6) is 0 Å². The molecule has 1 atom stereocenters. The Balaban J connectivity index is 1.84. The summed E-state index contributed by atoms with van der Waals surface area (Å²) in [7, 11) is 0. The molecule has 2 aliphatic heterocycles. The van der Waals surface area contributed by atoms with Gasteiger partial charge < -0.3 is 0 Å². The Morgan fingerprint density at radius 1 is 1.05 bits per heavy atom. The molecule has 1 aromatic rings. The minimum atomic E-state index is -0.273. The van der Waals surface area contributed by atoms with E-state index in [9.17, 15) is 9.59 Å². The molecule has 2 saturated heterocycles. The fraction of sp³-hybridized carbons (Fsp3) is 0.429. The van der Waals surface area contributed by atoms with Crippen molar-refractivity contribution in [2.75, 3.05) is 18.0 Å². The van der Waals surface area contributed by atoms with Gasteiger partial charge in [0.15, 0.2) is 0 Å². The normalized spacial score (nSPS) is 24.5. The highest BCUT2D eigenvalue weighted by Crippen LogP contribution is 2.28. The molecule has 4 nitrogen and oxygen atoms in total. The van der Waals surface area contributed by atoms with E-state index in [1.165, 1.54) is 4.90 Å². The summed E-state index contributed by atoms with van der Waals surface area (Å²) in [5, 5.41) is 0.596. The van der Waals surface area contributed by atoms with E-state index in [1.807, 2.05) is 0 Å². The van der Waals surface area contributed by atoms with Crippen molar-refractivity contribution in [3.05, 3.63) is 29.3 Å². The first-order valence-corrected chi connectivity index (χ1v) is 6.91. The number of imide groups is 1. The van der Waals surface area contributed by atoms with E-state index in [4.69, 9.17) is 11.6 Å². The van der Waals surface area contributed by atoms with E-state index in [0.717, 1.165) is 25.9 Å². The van der Waals surface area contributed by atoms with Gasteiger partial charge in [0, 0.05) is 5.02 Å². The van der Waals surface area contributed by atoms with Crippen LogP contribution in [0.25, 0.3) is 0 Å². The Kier molecular flexibility index (Phi) is 3.29. The molecule has 2 amide bonds. The molecule has 100 valence electrons. The Hall–Kier alpha value is -1.39. The van der Waals surface area contributed by atoms with Crippen LogP contribution in [-0.2, 0) is 9.59 Å². The van der Waals surface area contributed by atoms with Crippen molar-refractivity contribution < 1.29 is 9.59 Å². The number of carbonyl (C=O) groups is 2. The van der Waals surface area contributed by atoms with Crippen molar-refractivity contribution in [3.63, 3.8) is 0 Å². The Bertz CT molecular complexity index is 509. The standard InChI is InChI=1S/C14H15ClN2O2/c15-10-3-5-11(6-4-10)17-13(18)9-12(14(17)19)16-7-1-2-8-16/h3-6,12H,1-2,7-9H2. The van der Waals surface area contributed by atoms with E-state index >= 15 is 0 Å². The maximum atomic E-state index is 12.4. The number of hydrogen-bond acceptors (Lipinski definition) is 3. The van der Waals surface area contributed by atoms with Gasteiger partial charge >= 0.3 is 0 Å². The van der Waals surface area contributed by atoms with Gasteiger partial charge in [-0.15, -0.1) is 0 Å². The first-order valence-electron chi connectivity index (χ1n) is 6.53. The largest absolute Gasteiger partial charge is 0.292 e. The lowest BCUT2D eigenvalue weighted by atomic mass is 10.2. The van der Waals surface area contributed by atoms with Gasteiger partial charge in [-0.25, -0.2) is 4.90 Å². The summed E-state index contributed by atoms with van der Waals surface area (Å²) in [6.45, 7) is 1.83. The second kappa shape index (κ2) is 4.94. The van der Waals surface area contributed by atoms with Crippen molar-refractivity contribution in [1.29, 1.82) is 0 Å². The van der Waals surface area contributed by atoms with Gasteiger partial charge in [-0.3, -0.25) is 14.5 Å². The predicted octanol–water partition coefficient (Wildman–Crippen LogP) is 2.07. The molecule has 0 aliphatic carbocycles. The van der Waals surface area contributed by atoms with Crippen LogP contribution in [0.1, 0.15) is 19.3 Å². The molecule has 19 heavy (non-hydrogen) atoms. The van der Waals surface area contributed by atoms with Crippen LogP contribution in [0.15, 0.2) is 24.3 Å². The van der Waals surface area contributed by atoms with Gasteiger partial charge in [-0.1, -0.05) is 11.6 Å². The highest BCUT2D eigenvalue weighted by molar-refractivity contribution is 6.30. The first-order chi connectivity index (χ1) is 9.16. The predicted molar refractivity (Wildman–Crippen MR) is 73.2 cm³/mol. The van der Waals surface area contributed by atoms with Gasteiger partial charge in [0.2, 0.25) is 5.91 Å². The number of anilines is 1. The van der Waals surface area contributed by atoms with Gasteiger partial charge in [0.25, 0.3) is 5.91 Å². The molecule has 3 rings (SSSR count).